The largest absolute Gasteiger partial charge is 0.322 e. The first-order chi connectivity index (χ1) is 12.4. The average molecular weight is 369 g/mol. The second kappa shape index (κ2) is 7.53. The Hall–Kier alpha value is -2.93. The zero-order valence-electron chi connectivity index (χ0n) is 14.3. The van der Waals surface area contributed by atoms with Crippen LogP contribution < -0.4 is 5.32 Å². The molecule has 6 nitrogen and oxygen atoms in total. The normalized spacial score (nSPS) is 11.3. The Morgan fingerprint density at radius 2 is 1.92 bits per heavy atom. The number of aromatic nitrogens is 2. The number of para-hydroxylation sites is 1. The Bertz CT molecular complexity index is 1010. The maximum Gasteiger partial charge on any atom is 0.255 e. The Labute approximate surface area is 152 Å². The van der Waals surface area contributed by atoms with E-state index < -0.39 is 9.84 Å². The molecule has 0 saturated carbocycles. The first kappa shape index (κ1) is 17.9. The van der Waals surface area contributed by atoms with Crippen molar-refractivity contribution in [3.63, 3.8) is 0 Å². The van der Waals surface area contributed by atoms with Crippen molar-refractivity contribution in [2.45, 2.75) is 12.3 Å². The highest BCUT2D eigenvalue weighted by atomic mass is 32.2. The summed E-state index contributed by atoms with van der Waals surface area (Å²) >= 11 is 0. The Morgan fingerprint density at radius 1 is 1.12 bits per heavy atom. The Morgan fingerprint density at radius 3 is 2.65 bits per heavy atom. The Balaban J connectivity index is 1.79. The molecule has 0 bridgehead atoms. The highest BCUT2D eigenvalue weighted by Gasteiger charge is 2.11. The van der Waals surface area contributed by atoms with Crippen molar-refractivity contribution in [2.24, 2.45) is 0 Å². The maximum atomic E-state index is 12.6. The maximum absolute atomic E-state index is 12.6. The summed E-state index contributed by atoms with van der Waals surface area (Å²) in [5.74, 6) is -0.377. The summed E-state index contributed by atoms with van der Waals surface area (Å²) in [5.41, 5.74) is 2.63. The van der Waals surface area contributed by atoms with Crippen molar-refractivity contribution in [2.75, 3.05) is 11.6 Å². The van der Waals surface area contributed by atoms with Crippen molar-refractivity contribution in [3.05, 3.63) is 83.7 Å². The van der Waals surface area contributed by atoms with Gasteiger partial charge in [-0.05, 0) is 35.4 Å². The van der Waals surface area contributed by atoms with E-state index in [-0.39, 0.29) is 11.7 Å². The third-order valence-corrected chi connectivity index (χ3v) is 4.63. The molecule has 0 spiro atoms. The predicted molar refractivity (Wildman–Crippen MR) is 101 cm³/mol. The molecule has 0 aliphatic rings. The van der Waals surface area contributed by atoms with Crippen LogP contribution in [0.1, 0.15) is 21.5 Å². The number of carbonyl (C=O) groups excluding carboxylic acids is 1. The molecule has 2 aromatic carbocycles. The molecule has 0 atom stereocenters. The van der Waals surface area contributed by atoms with Gasteiger partial charge in [0, 0.05) is 29.9 Å². The summed E-state index contributed by atoms with van der Waals surface area (Å²) in [4.78, 5) is 12.6. The summed E-state index contributed by atoms with van der Waals surface area (Å²) < 4.78 is 24.7. The lowest BCUT2D eigenvalue weighted by Gasteiger charge is -2.12. The number of nitrogens with one attached hydrogen (secondary N) is 1. The van der Waals surface area contributed by atoms with Crippen LogP contribution >= 0.6 is 0 Å². The van der Waals surface area contributed by atoms with Gasteiger partial charge in [-0.25, -0.2) is 8.42 Å². The topological polar surface area (TPSA) is 81.1 Å². The minimum absolute atomic E-state index is 0.0932. The van der Waals surface area contributed by atoms with Crippen molar-refractivity contribution in [1.82, 2.24) is 9.78 Å². The molecule has 1 N–H and O–H groups in total. The van der Waals surface area contributed by atoms with Crippen molar-refractivity contribution in [1.29, 1.82) is 0 Å². The molecule has 0 radical (unpaired) electrons. The minimum atomic E-state index is -3.16. The number of hydrogen-bond acceptors (Lipinski definition) is 4. The van der Waals surface area contributed by atoms with Gasteiger partial charge in [-0.3, -0.25) is 9.48 Å². The summed E-state index contributed by atoms with van der Waals surface area (Å²) in [7, 11) is -3.16. The smallest absolute Gasteiger partial charge is 0.255 e. The predicted octanol–water partition coefficient (Wildman–Crippen LogP) is 2.73. The number of amides is 1. The van der Waals surface area contributed by atoms with E-state index in [9.17, 15) is 13.2 Å². The van der Waals surface area contributed by atoms with Gasteiger partial charge in [0.15, 0.2) is 9.84 Å². The molecule has 7 heteroatoms. The van der Waals surface area contributed by atoms with Crippen LogP contribution in [0, 0.1) is 0 Å². The average Bonchev–Trinajstić information content (AvgIpc) is 3.08. The van der Waals surface area contributed by atoms with Crippen LogP contribution in [0.2, 0.25) is 0 Å². The van der Waals surface area contributed by atoms with Crippen molar-refractivity contribution < 1.29 is 13.2 Å². The molecule has 0 unspecified atom stereocenters. The van der Waals surface area contributed by atoms with E-state index in [1.807, 2.05) is 36.5 Å². The number of nitrogens with zero attached hydrogens (tertiary/aromatic N) is 2. The lowest BCUT2D eigenvalue weighted by atomic mass is 10.1. The van der Waals surface area contributed by atoms with E-state index in [0.29, 0.717) is 23.4 Å². The fourth-order valence-electron chi connectivity index (χ4n) is 2.65. The van der Waals surface area contributed by atoms with Gasteiger partial charge >= 0.3 is 0 Å². The highest BCUT2D eigenvalue weighted by Crippen LogP contribution is 2.18. The fraction of sp³-hybridized carbons (Fsp3) is 0.158. The van der Waals surface area contributed by atoms with Gasteiger partial charge in [-0.2, -0.15) is 5.10 Å². The zero-order chi connectivity index (χ0) is 18.6. The zero-order valence-corrected chi connectivity index (χ0v) is 15.1. The second-order valence-electron chi connectivity index (χ2n) is 6.09. The molecule has 0 fully saturated rings. The number of carbonyl (C=O) groups is 1. The Kier molecular flexibility index (Phi) is 5.18. The van der Waals surface area contributed by atoms with Gasteiger partial charge in [-0.15, -0.1) is 0 Å². The van der Waals surface area contributed by atoms with Gasteiger partial charge < -0.3 is 5.32 Å². The molecule has 3 aromatic rings. The first-order valence-corrected chi connectivity index (χ1v) is 10.1. The fourth-order valence-corrected chi connectivity index (χ4v) is 3.43. The van der Waals surface area contributed by atoms with E-state index in [4.69, 9.17) is 0 Å². The summed E-state index contributed by atoms with van der Waals surface area (Å²) in [6.07, 6.45) is 4.73. The number of sulfone groups is 1. The molecule has 1 heterocycles. The molecule has 134 valence electrons. The van der Waals surface area contributed by atoms with E-state index >= 15 is 0 Å². The van der Waals surface area contributed by atoms with E-state index in [1.54, 1.807) is 35.1 Å². The summed E-state index contributed by atoms with van der Waals surface area (Å²) in [6, 6.07) is 16.0. The monoisotopic (exact) mass is 369 g/mol. The van der Waals surface area contributed by atoms with Crippen LogP contribution in [0.15, 0.2) is 67.0 Å². The van der Waals surface area contributed by atoms with Gasteiger partial charge in [0.05, 0.1) is 12.3 Å². The number of hydrogen-bond donors (Lipinski definition) is 1. The molecule has 1 amide bonds. The van der Waals surface area contributed by atoms with Gasteiger partial charge in [0.2, 0.25) is 0 Å². The van der Waals surface area contributed by atoms with Gasteiger partial charge in [-0.1, -0.05) is 30.3 Å². The summed E-state index contributed by atoms with van der Waals surface area (Å²) in [5, 5.41) is 7.08. The van der Waals surface area contributed by atoms with Crippen molar-refractivity contribution in [3.8, 4) is 0 Å². The van der Waals surface area contributed by atoms with Crippen LogP contribution in [0.3, 0.4) is 0 Å². The molecule has 0 aliphatic carbocycles. The van der Waals surface area contributed by atoms with Crippen molar-refractivity contribution >= 4 is 21.4 Å². The highest BCUT2D eigenvalue weighted by molar-refractivity contribution is 7.89. The van der Waals surface area contributed by atoms with Gasteiger partial charge in [0.25, 0.3) is 5.91 Å². The van der Waals surface area contributed by atoms with E-state index in [2.05, 4.69) is 10.4 Å². The number of anilines is 1. The number of benzene rings is 2. The molecular formula is C19H19N3O3S. The molecule has 26 heavy (non-hydrogen) atoms. The lowest BCUT2D eigenvalue weighted by molar-refractivity contribution is 0.102. The quantitative estimate of drug-likeness (QED) is 0.724. The van der Waals surface area contributed by atoms with E-state index in [1.165, 1.54) is 6.26 Å². The van der Waals surface area contributed by atoms with Crippen LogP contribution in [0.25, 0.3) is 0 Å². The van der Waals surface area contributed by atoms with Crippen LogP contribution in [-0.4, -0.2) is 30.4 Å². The van der Waals surface area contributed by atoms with Crippen LogP contribution in [0.4, 0.5) is 5.69 Å². The van der Waals surface area contributed by atoms with Gasteiger partial charge in [0.1, 0.15) is 0 Å². The standard InChI is InChI=1S/C19H19N3O3S/c1-26(24,25)14-15-6-4-8-16(12-15)19(23)21-18-9-3-2-7-17(18)13-22-11-5-10-20-22/h2-12H,13-14H2,1H3,(H,21,23). The molecule has 0 aliphatic heterocycles. The van der Waals surface area contributed by atoms with Crippen LogP contribution in [0.5, 0.6) is 0 Å². The molecular weight excluding hydrogens is 350 g/mol. The van der Waals surface area contributed by atoms with Crippen LogP contribution in [-0.2, 0) is 22.1 Å². The summed E-state index contributed by atoms with van der Waals surface area (Å²) in [6.45, 7) is 0.539. The minimum Gasteiger partial charge on any atom is -0.322 e. The van der Waals surface area contributed by atoms with E-state index in [0.717, 1.165) is 5.56 Å². The first-order valence-electron chi connectivity index (χ1n) is 8.04. The third-order valence-electron chi connectivity index (χ3n) is 3.78. The lowest BCUT2D eigenvalue weighted by Crippen LogP contribution is -2.15. The number of rotatable bonds is 6. The molecule has 3 rings (SSSR count). The molecule has 1 aromatic heterocycles. The third kappa shape index (κ3) is 4.80. The second-order valence-corrected chi connectivity index (χ2v) is 8.23. The molecule has 0 saturated heterocycles. The SMILES string of the molecule is CS(=O)(=O)Cc1cccc(C(=O)Nc2ccccc2Cn2cccn2)c1.